The summed E-state index contributed by atoms with van der Waals surface area (Å²) >= 11 is 0. The molecule has 0 radical (unpaired) electrons. The van der Waals surface area contributed by atoms with Gasteiger partial charge in [-0.15, -0.1) is 0 Å². The van der Waals surface area contributed by atoms with Crippen LogP contribution < -0.4 is 0 Å². The fraction of sp³-hybridized carbons (Fsp3) is 0.830. The molecule has 0 atom stereocenters. The number of hydrogen-bond acceptors (Lipinski definition) is 2. The molecular weight excluding hydrogens is 681 g/mol. The molecule has 0 N–H and O–H groups in total. The Kier molecular flexibility index (Phi) is 44.8. The average Bonchev–Trinajstić information content (AvgIpc) is 3.19. The lowest BCUT2D eigenvalue weighted by Crippen LogP contribution is -2.41. The van der Waals surface area contributed by atoms with Crippen LogP contribution in [0.3, 0.4) is 0 Å². The van der Waals surface area contributed by atoms with E-state index in [0.717, 1.165) is 45.2 Å². The molecule has 56 heavy (non-hydrogen) atoms. The highest BCUT2D eigenvalue weighted by molar-refractivity contribution is 5.76. The summed E-state index contributed by atoms with van der Waals surface area (Å²) in [6.07, 6.45) is 64.2. The maximum atomic E-state index is 13.9. The SMILES string of the molecule is CCCCC/C=C\C/C=C\CCCCCCCCC(CCCCCCCC/C=C\C/C=C\CCCCC)N(CCCCCN(C)C)C(=O)CCCCCCCC. The Labute approximate surface area is 353 Å². The highest BCUT2D eigenvalue weighted by Gasteiger charge is 2.22. The van der Waals surface area contributed by atoms with E-state index in [-0.39, 0.29) is 0 Å². The molecule has 0 unspecified atom stereocenters. The van der Waals surface area contributed by atoms with Crippen LogP contribution in [0.1, 0.15) is 252 Å². The first-order chi connectivity index (χ1) is 27.6. The minimum Gasteiger partial charge on any atom is -0.340 e. The van der Waals surface area contributed by atoms with Crippen LogP contribution in [0.5, 0.6) is 0 Å². The van der Waals surface area contributed by atoms with Gasteiger partial charge in [-0.25, -0.2) is 0 Å². The molecule has 0 bridgehead atoms. The van der Waals surface area contributed by atoms with E-state index in [9.17, 15) is 4.79 Å². The maximum absolute atomic E-state index is 13.9. The van der Waals surface area contributed by atoms with E-state index in [1.807, 2.05) is 0 Å². The van der Waals surface area contributed by atoms with Crippen molar-refractivity contribution in [3.8, 4) is 0 Å². The Morgan fingerprint density at radius 1 is 0.393 bits per heavy atom. The zero-order valence-electron chi connectivity index (χ0n) is 38.9. The quantitative estimate of drug-likeness (QED) is 0.0454. The molecular formula is C53H100N2O. The summed E-state index contributed by atoms with van der Waals surface area (Å²) in [7, 11) is 4.35. The van der Waals surface area contributed by atoms with Crippen molar-refractivity contribution in [2.24, 2.45) is 0 Å². The summed E-state index contributed by atoms with van der Waals surface area (Å²) in [5.41, 5.74) is 0. The van der Waals surface area contributed by atoms with E-state index in [1.165, 1.54) is 199 Å². The Morgan fingerprint density at radius 2 is 0.732 bits per heavy atom. The van der Waals surface area contributed by atoms with Crippen LogP contribution in [0.15, 0.2) is 48.6 Å². The van der Waals surface area contributed by atoms with E-state index in [2.05, 4.69) is 93.3 Å². The fourth-order valence-corrected chi connectivity index (χ4v) is 7.79. The van der Waals surface area contributed by atoms with E-state index < -0.39 is 0 Å². The average molecular weight is 781 g/mol. The summed E-state index contributed by atoms with van der Waals surface area (Å²) in [4.78, 5) is 18.6. The minimum absolute atomic E-state index is 0.438. The molecule has 0 aromatic rings. The third-order valence-electron chi connectivity index (χ3n) is 11.5. The predicted octanol–water partition coefficient (Wildman–Crippen LogP) is 17.1. The van der Waals surface area contributed by atoms with Crippen LogP contribution in [-0.2, 0) is 4.79 Å². The fourth-order valence-electron chi connectivity index (χ4n) is 7.79. The van der Waals surface area contributed by atoms with Gasteiger partial charge >= 0.3 is 0 Å². The maximum Gasteiger partial charge on any atom is 0.222 e. The molecule has 0 rings (SSSR count). The van der Waals surface area contributed by atoms with Gasteiger partial charge in [-0.05, 0) is 117 Å². The second-order valence-corrected chi connectivity index (χ2v) is 17.4. The number of carbonyl (C=O) groups excluding carboxylic acids is 1. The zero-order chi connectivity index (χ0) is 40.8. The smallest absolute Gasteiger partial charge is 0.222 e. The van der Waals surface area contributed by atoms with Crippen molar-refractivity contribution in [1.82, 2.24) is 9.80 Å². The lowest BCUT2D eigenvalue weighted by Gasteiger charge is -2.33. The minimum atomic E-state index is 0.438. The number of hydrogen-bond donors (Lipinski definition) is 0. The van der Waals surface area contributed by atoms with Crippen molar-refractivity contribution in [1.29, 1.82) is 0 Å². The lowest BCUT2D eigenvalue weighted by atomic mass is 9.97. The second kappa shape index (κ2) is 46.1. The molecule has 0 aliphatic carbocycles. The number of allylic oxidation sites excluding steroid dienone is 8. The van der Waals surface area contributed by atoms with Gasteiger partial charge in [-0.2, -0.15) is 0 Å². The van der Waals surface area contributed by atoms with E-state index >= 15 is 0 Å². The summed E-state index contributed by atoms with van der Waals surface area (Å²) in [5.74, 6) is 0.457. The third-order valence-corrected chi connectivity index (χ3v) is 11.5. The Balaban J connectivity index is 4.84. The van der Waals surface area contributed by atoms with Crippen LogP contribution in [0.4, 0.5) is 0 Å². The molecule has 0 aliphatic heterocycles. The molecule has 0 aromatic heterocycles. The van der Waals surface area contributed by atoms with Gasteiger partial charge in [0, 0.05) is 19.0 Å². The summed E-state index contributed by atoms with van der Waals surface area (Å²) < 4.78 is 0. The van der Waals surface area contributed by atoms with Gasteiger partial charge in [-0.3, -0.25) is 4.79 Å². The van der Waals surface area contributed by atoms with Gasteiger partial charge < -0.3 is 9.80 Å². The highest BCUT2D eigenvalue weighted by Crippen LogP contribution is 2.22. The molecule has 0 spiro atoms. The molecule has 3 nitrogen and oxygen atoms in total. The Morgan fingerprint density at radius 3 is 1.18 bits per heavy atom. The largest absolute Gasteiger partial charge is 0.340 e. The number of unbranched alkanes of at least 4 members (excludes halogenated alkanes) is 25. The number of rotatable bonds is 44. The van der Waals surface area contributed by atoms with Crippen molar-refractivity contribution in [2.75, 3.05) is 27.2 Å². The first kappa shape index (κ1) is 54.4. The molecule has 0 fully saturated rings. The highest BCUT2D eigenvalue weighted by atomic mass is 16.2. The number of carbonyl (C=O) groups is 1. The van der Waals surface area contributed by atoms with Crippen molar-refractivity contribution in [2.45, 2.75) is 258 Å². The van der Waals surface area contributed by atoms with Gasteiger partial charge in [0.25, 0.3) is 0 Å². The van der Waals surface area contributed by atoms with Crippen molar-refractivity contribution >= 4 is 5.91 Å². The van der Waals surface area contributed by atoms with Gasteiger partial charge in [0.05, 0.1) is 0 Å². The van der Waals surface area contributed by atoms with E-state index in [4.69, 9.17) is 0 Å². The van der Waals surface area contributed by atoms with Crippen LogP contribution in [0.2, 0.25) is 0 Å². The standard InChI is InChI=1S/C53H100N2O/c1-6-9-12-15-18-20-22-24-26-28-30-32-34-36-38-42-47-52(48-43-39-37-35-33-31-29-27-25-23-21-19-16-13-10-7-2)55(51-46-41-45-50-54(4)5)53(56)49-44-40-17-14-11-8-3/h18-21,24-27,52H,6-17,22-23,28-51H2,1-5H3/b20-18-,21-19-,26-24-,27-25-. The van der Waals surface area contributed by atoms with Crippen LogP contribution >= 0.6 is 0 Å². The second-order valence-electron chi connectivity index (χ2n) is 17.4. The van der Waals surface area contributed by atoms with Crippen molar-refractivity contribution in [3.63, 3.8) is 0 Å². The first-order valence-corrected chi connectivity index (χ1v) is 25.1. The summed E-state index contributed by atoms with van der Waals surface area (Å²) in [6, 6.07) is 0.438. The summed E-state index contributed by atoms with van der Waals surface area (Å²) in [6.45, 7) is 8.94. The van der Waals surface area contributed by atoms with Crippen LogP contribution in [-0.4, -0.2) is 48.9 Å². The third kappa shape index (κ3) is 40.6. The summed E-state index contributed by atoms with van der Waals surface area (Å²) in [5, 5.41) is 0. The van der Waals surface area contributed by atoms with Gasteiger partial charge in [0.1, 0.15) is 0 Å². The van der Waals surface area contributed by atoms with Gasteiger partial charge in [0.2, 0.25) is 5.91 Å². The number of nitrogens with zero attached hydrogens (tertiary/aromatic N) is 2. The monoisotopic (exact) mass is 781 g/mol. The van der Waals surface area contributed by atoms with E-state index in [0.29, 0.717) is 11.9 Å². The normalized spacial score (nSPS) is 12.3. The van der Waals surface area contributed by atoms with Crippen molar-refractivity contribution < 1.29 is 4.79 Å². The molecule has 0 heterocycles. The molecule has 0 aliphatic rings. The van der Waals surface area contributed by atoms with Gasteiger partial charge in [0.15, 0.2) is 0 Å². The molecule has 0 aromatic carbocycles. The molecule has 328 valence electrons. The van der Waals surface area contributed by atoms with Crippen LogP contribution in [0.25, 0.3) is 0 Å². The Bertz CT molecular complexity index is 853. The molecule has 1 amide bonds. The number of amides is 1. The molecule has 0 saturated heterocycles. The molecule has 3 heteroatoms. The van der Waals surface area contributed by atoms with Crippen LogP contribution in [0, 0.1) is 0 Å². The molecule has 0 saturated carbocycles. The van der Waals surface area contributed by atoms with Crippen molar-refractivity contribution in [3.05, 3.63) is 48.6 Å². The Hall–Kier alpha value is -1.61. The zero-order valence-corrected chi connectivity index (χ0v) is 38.9. The topological polar surface area (TPSA) is 23.6 Å². The van der Waals surface area contributed by atoms with E-state index in [1.54, 1.807) is 0 Å². The van der Waals surface area contributed by atoms with Gasteiger partial charge in [-0.1, -0.05) is 198 Å². The first-order valence-electron chi connectivity index (χ1n) is 25.1. The predicted molar refractivity (Wildman–Crippen MR) is 254 cm³/mol. The lowest BCUT2D eigenvalue weighted by molar-refractivity contribution is -0.134.